The minimum Gasteiger partial charge on any atom is -0.332 e. The summed E-state index contributed by atoms with van der Waals surface area (Å²) >= 11 is 42.0. The van der Waals surface area contributed by atoms with Crippen molar-refractivity contribution >= 4 is 138 Å². The molecule has 21 heteroatoms. The molecule has 2 N–H and O–H groups in total. The van der Waals surface area contributed by atoms with E-state index in [0.717, 1.165) is 9.13 Å². The lowest BCUT2D eigenvalue weighted by Gasteiger charge is -2.15. The Labute approximate surface area is 422 Å². The van der Waals surface area contributed by atoms with E-state index in [1.807, 2.05) is 0 Å². The summed E-state index contributed by atoms with van der Waals surface area (Å²) in [6, 6.07) is 30.4. The zero-order valence-electron chi connectivity index (χ0n) is 34.5. The van der Waals surface area contributed by atoms with Crippen LogP contribution in [0.1, 0.15) is 43.2 Å². The van der Waals surface area contributed by atoms with Gasteiger partial charge in [0.25, 0.3) is 23.4 Å². The van der Waals surface area contributed by atoms with Crippen LogP contribution in [0.2, 0.25) is 35.2 Å². The molecule has 69 heavy (non-hydrogen) atoms. The molecule has 0 radical (unpaired) electrons. The number of alkyl halides is 6. The third kappa shape index (κ3) is 11.5. The third-order valence-corrected chi connectivity index (χ3v) is 12.1. The molecule has 0 bridgehead atoms. The van der Waals surface area contributed by atoms with E-state index in [9.17, 15) is 45.5 Å². The fraction of sp³-hybridized carbons (Fsp3) is 0.0833. The van der Waals surface area contributed by atoms with Crippen LogP contribution >= 0.6 is 81.2 Å². The maximum atomic E-state index is 14.4. The first-order valence-corrected chi connectivity index (χ1v) is 22.3. The Bertz CT molecular complexity index is 3350. The Morgan fingerprint density at radius 2 is 0.826 bits per heavy atom. The molecule has 8 rings (SSSR count). The van der Waals surface area contributed by atoms with Crippen LogP contribution < -0.4 is 10.6 Å². The molecule has 8 aromatic rings. The molecule has 0 spiro atoms. The van der Waals surface area contributed by atoms with Crippen LogP contribution in [-0.4, -0.2) is 32.5 Å². The molecule has 0 saturated carbocycles. The van der Waals surface area contributed by atoms with Crippen molar-refractivity contribution in [3.05, 3.63) is 196 Å². The van der Waals surface area contributed by atoms with Crippen molar-refractivity contribution in [3.8, 4) is 0 Å². The van der Waals surface area contributed by atoms with E-state index in [1.54, 1.807) is 12.1 Å². The standard InChI is InChI=1S/C24H13Cl4F3N2O2.C24H14Cl3F3N2O2/c25-13-2-1-3-16(8-13)32-23(35)21(34)20-17-9-14(26)6-7-19(17)33(22(20)24(29,30)31)11-12-4-5-15(27)10-18(12)28;25-14-4-3-5-16(10-14)31-23(34)21(33)20-17-6-1-2-7-19(17)32(22(20)24(28,29)30)12-13-8-9-15(26)11-18(13)27/h1-10H,11H2,(H,32,35);1-11H,12H2,(H,31,34). The summed E-state index contributed by atoms with van der Waals surface area (Å²) < 4.78 is 88.1. The minimum absolute atomic E-state index is 0.00819. The third-order valence-electron chi connectivity index (χ3n) is 10.3. The number of halogens is 13. The second-order valence-electron chi connectivity index (χ2n) is 14.9. The molecule has 0 aliphatic carbocycles. The quantitative estimate of drug-likeness (QED) is 0.0809. The average molecular weight is 1090 g/mol. The molecular weight excluding hydrogens is 1060 g/mol. The highest BCUT2D eigenvalue weighted by Crippen LogP contribution is 2.42. The topological polar surface area (TPSA) is 102 Å². The number of ketones is 2. The number of nitrogens with zero attached hydrogens (tertiary/aromatic N) is 2. The number of fused-ring (bicyclic) bond motifs is 2. The highest BCUT2D eigenvalue weighted by molar-refractivity contribution is 6.50. The molecule has 8 nitrogen and oxygen atoms in total. The van der Waals surface area contributed by atoms with Crippen molar-refractivity contribution in [1.29, 1.82) is 0 Å². The van der Waals surface area contributed by atoms with Gasteiger partial charge >= 0.3 is 12.4 Å². The minimum atomic E-state index is -4.99. The van der Waals surface area contributed by atoms with Gasteiger partial charge in [0, 0.05) is 81.4 Å². The Hall–Kier alpha value is -5.71. The smallest absolute Gasteiger partial charge is 0.332 e. The summed E-state index contributed by atoms with van der Waals surface area (Å²) in [6.45, 7) is -0.638. The van der Waals surface area contributed by atoms with Gasteiger partial charge in [0.05, 0.1) is 11.1 Å². The zero-order chi connectivity index (χ0) is 50.1. The molecule has 0 unspecified atom stereocenters. The fourth-order valence-electron chi connectivity index (χ4n) is 7.38. The van der Waals surface area contributed by atoms with E-state index >= 15 is 0 Å². The molecule has 0 saturated heterocycles. The highest BCUT2D eigenvalue weighted by Gasteiger charge is 2.44. The van der Waals surface area contributed by atoms with E-state index < -0.39 is 58.2 Å². The summed E-state index contributed by atoms with van der Waals surface area (Å²) in [6.07, 6.45) is -9.94. The van der Waals surface area contributed by atoms with E-state index in [-0.39, 0.29) is 71.4 Å². The number of para-hydroxylation sites is 1. The molecule has 0 aliphatic rings. The summed E-state index contributed by atoms with van der Waals surface area (Å²) in [4.78, 5) is 51.7. The second-order valence-corrected chi connectivity index (χ2v) is 17.8. The monoisotopic (exact) mass is 1080 g/mol. The van der Waals surface area contributed by atoms with Gasteiger partial charge in [0.2, 0.25) is 0 Å². The number of nitrogens with one attached hydrogen (secondary N) is 2. The Morgan fingerprint density at radius 1 is 0.435 bits per heavy atom. The van der Waals surface area contributed by atoms with E-state index in [1.165, 1.54) is 115 Å². The average Bonchev–Trinajstić information content (AvgIpc) is 3.78. The molecule has 0 atom stereocenters. The van der Waals surface area contributed by atoms with Gasteiger partial charge < -0.3 is 19.8 Å². The molecule has 354 valence electrons. The summed E-state index contributed by atoms with van der Waals surface area (Å²) in [5.74, 6) is -5.20. The Balaban J connectivity index is 0.000000204. The SMILES string of the molecule is O=C(Nc1cccc(Cl)c1)C(=O)c1c(C(F)(F)F)n(Cc2ccc(Cl)cc2Cl)c2ccc(Cl)cc12.O=C(Nc1cccc(Cl)c1)C(=O)c1c(C(F)(F)F)n(Cc2ccc(Cl)cc2Cl)c2ccccc12. The number of hydrogen-bond acceptors (Lipinski definition) is 4. The number of Topliss-reactive ketones (excluding diaryl/α,β-unsaturated/α-hetero) is 2. The molecule has 0 fully saturated rings. The Morgan fingerprint density at radius 3 is 1.26 bits per heavy atom. The van der Waals surface area contributed by atoms with Gasteiger partial charge in [-0.1, -0.05) is 124 Å². The number of aromatic nitrogens is 2. The fourth-order valence-corrected chi connectivity index (χ4v) is 8.87. The normalized spacial score (nSPS) is 11.6. The highest BCUT2D eigenvalue weighted by atomic mass is 35.5. The van der Waals surface area contributed by atoms with E-state index in [2.05, 4.69) is 10.6 Å². The van der Waals surface area contributed by atoms with E-state index in [4.69, 9.17) is 81.2 Å². The maximum Gasteiger partial charge on any atom is 0.432 e. The number of carbonyl (C=O) groups excluding carboxylic acids is 4. The molecule has 6 aromatic carbocycles. The first-order valence-electron chi connectivity index (χ1n) is 19.7. The largest absolute Gasteiger partial charge is 0.432 e. The van der Waals surface area contributed by atoms with E-state index in [0.29, 0.717) is 21.2 Å². The number of amides is 2. The van der Waals surface area contributed by atoms with Gasteiger partial charge in [0.1, 0.15) is 11.4 Å². The van der Waals surface area contributed by atoms with Crippen LogP contribution in [0.4, 0.5) is 37.7 Å². The van der Waals surface area contributed by atoms with Gasteiger partial charge in [0.15, 0.2) is 0 Å². The van der Waals surface area contributed by atoms with Gasteiger partial charge in [-0.15, -0.1) is 0 Å². The van der Waals surface area contributed by atoms with Crippen LogP contribution in [-0.2, 0) is 35.0 Å². The van der Waals surface area contributed by atoms with Crippen LogP contribution in [0.25, 0.3) is 21.8 Å². The van der Waals surface area contributed by atoms with Crippen molar-refractivity contribution < 1.29 is 45.5 Å². The van der Waals surface area contributed by atoms with Crippen molar-refractivity contribution in [2.24, 2.45) is 0 Å². The lowest BCUT2D eigenvalue weighted by Crippen LogP contribution is -2.26. The molecule has 2 heterocycles. The van der Waals surface area contributed by atoms with Gasteiger partial charge in [-0.3, -0.25) is 19.2 Å². The summed E-state index contributed by atoms with van der Waals surface area (Å²) in [5, 5.41) is 6.09. The lowest BCUT2D eigenvalue weighted by atomic mass is 10.1. The van der Waals surface area contributed by atoms with Gasteiger partial charge in [-0.05, 0) is 96.1 Å². The van der Waals surface area contributed by atoms with Crippen molar-refractivity contribution in [2.75, 3.05) is 10.6 Å². The number of carbonyl (C=O) groups is 4. The summed E-state index contributed by atoms with van der Waals surface area (Å²) in [7, 11) is 0. The Kier molecular flexibility index (Phi) is 15.4. The first-order chi connectivity index (χ1) is 32.5. The predicted octanol–water partition coefficient (Wildman–Crippen LogP) is 15.6. The van der Waals surface area contributed by atoms with Crippen LogP contribution in [0, 0.1) is 0 Å². The van der Waals surface area contributed by atoms with Crippen molar-refractivity contribution in [3.63, 3.8) is 0 Å². The zero-order valence-corrected chi connectivity index (χ0v) is 39.8. The van der Waals surface area contributed by atoms with Crippen molar-refractivity contribution in [1.82, 2.24) is 9.13 Å². The number of benzene rings is 6. The molecule has 0 aliphatic heterocycles. The summed E-state index contributed by atoms with van der Waals surface area (Å²) in [5.41, 5.74) is -2.91. The molecular formula is C48H27Cl7F6N4O4. The van der Waals surface area contributed by atoms with Crippen LogP contribution in [0.5, 0.6) is 0 Å². The number of hydrogen-bond donors (Lipinski definition) is 2. The number of anilines is 2. The van der Waals surface area contributed by atoms with Crippen molar-refractivity contribution in [2.45, 2.75) is 25.4 Å². The van der Waals surface area contributed by atoms with Gasteiger partial charge in [-0.2, -0.15) is 26.3 Å². The number of rotatable bonds is 10. The molecule has 2 aromatic heterocycles. The van der Waals surface area contributed by atoms with Crippen LogP contribution in [0.15, 0.2) is 127 Å². The molecule has 2 amide bonds. The lowest BCUT2D eigenvalue weighted by molar-refractivity contribution is -0.144. The maximum absolute atomic E-state index is 14.4. The van der Waals surface area contributed by atoms with Gasteiger partial charge in [-0.25, -0.2) is 0 Å². The first kappa shape index (κ1) is 51.1. The second kappa shape index (κ2) is 20.7. The predicted molar refractivity (Wildman–Crippen MR) is 259 cm³/mol. The van der Waals surface area contributed by atoms with Crippen LogP contribution in [0.3, 0.4) is 0 Å².